The minimum atomic E-state index is -1.27. The quantitative estimate of drug-likeness (QED) is 0.480. The lowest BCUT2D eigenvalue weighted by molar-refractivity contribution is -0.141. The Kier molecular flexibility index (Phi) is 3.92. The number of carboxylic acid groups (broad SMARTS) is 1. The number of hydrogen-bond acceptors (Lipinski definition) is 4. The van der Waals surface area contributed by atoms with Crippen LogP contribution in [-0.4, -0.2) is 28.9 Å². The second kappa shape index (κ2) is 4.45. The van der Waals surface area contributed by atoms with Gasteiger partial charge in [0.15, 0.2) is 0 Å². The highest BCUT2D eigenvalue weighted by atomic mass is 16.4. The van der Waals surface area contributed by atoms with Crippen molar-refractivity contribution in [1.29, 1.82) is 0 Å². The Bertz CT molecular complexity index is 214. The van der Waals surface area contributed by atoms with Crippen LogP contribution in [0.25, 0.3) is 0 Å². The van der Waals surface area contributed by atoms with Crippen molar-refractivity contribution in [2.45, 2.75) is 19.4 Å². The van der Waals surface area contributed by atoms with Gasteiger partial charge in [0.2, 0.25) is 11.8 Å². The summed E-state index contributed by atoms with van der Waals surface area (Å²) in [5.41, 5.74) is 5.02. The summed E-state index contributed by atoms with van der Waals surface area (Å²) in [5, 5.41) is 10.2. The smallest absolute Gasteiger partial charge is 0.321 e. The minimum absolute atomic E-state index is 0.394. The normalized spacial score (nSPS) is 11.8. The van der Waals surface area contributed by atoms with Crippen LogP contribution in [0.4, 0.5) is 0 Å². The van der Waals surface area contributed by atoms with Crippen LogP contribution in [0.15, 0.2) is 0 Å². The highest BCUT2D eigenvalue weighted by molar-refractivity contribution is 5.95. The maximum atomic E-state index is 10.7. The van der Waals surface area contributed by atoms with Crippen LogP contribution in [0.5, 0.6) is 0 Å². The minimum Gasteiger partial charge on any atom is -0.480 e. The number of imide groups is 1. The lowest BCUT2D eigenvalue weighted by Crippen LogP contribution is -2.38. The van der Waals surface area contributed by atoms with Crippen molar-refractivity contribution in [1.82, 2.24) is 5.32 Å². The van der Waals surface area contributed by atoms with Gasteiger partial charge in [0.1, 0.15) is 6.04 Å². The molecule has 0 heterocycles. The maximum absolute atomic E-state index is 10.7. The van der Waals surface area contributed by atoms with E-state index in [4.69, 9.17) is 10.8 Å². The maximum Gasteiger partial charge on any atom is 0.321 e. The molecular formula is C6H10N2O4. The first-order valence-electron chi connectivity index (χ1n) is 3.22. The largest absolute Gasteiger partial charge is 0.480 e. The van der Waals surface area contributed by atoms with E-state index in [1.165, 1.54) is 0 Å². The highest BCUT2D eigenvalue weighted by Crippen LogP contribution is 1.87. The Morgan fingerprint density at radius 1 is 1.50 bits per heavy atom. The lowest BCUT2D eigenvalue weighted by atomic mass is 10.2. The zero-order valence-electron chi connectivity index (χ0n) is 6.53. The van der Waals surface area contributed by atoms with Crippen molar-refractivity contribution in [2.75, 3.05) is 0 Å². The van der Waals surface area contributed by atoms with Gasteiger partial charge in [-0.1, -0.05) is 0 Å². The Balaban J connectivity index is 3.85. The van der Waals surface area contributed by atoms with Crippen LogP contribution in [0.3, 0.4) is 0 Å². The molecule has 0 fully saturated rings. The number of nitrogens with two attached hydrogens (primary N) is 1. The highest BCUT2D eigenvalue weighted by Gasteiger charge is 2.16. The van der Waals surface area contributed by atoms with Crippen molar-refractivity contribution in [2.24, 2.45) is 5.73 Å². The van der Waals surface area contributed by atoms with E-state index in [-0.39, 0.29) is 0 Å². The Morgan fingerprint density at radius 2 is 2.00 bits per heavy atom. The number of carbonyl (C=O) groups is 3. The van der Waals surface area contributed by atoms with Gasteiger partial charge in [-0.2, -0.15) is 0 Å². The second-order valence-corrected chi connectivity index (χ2v) is 2.25. The Morgan fingerprint density at radius 3 is 2.33 bits per heavy atom. The van der Waals surface area contributed by atoms with Crippen molar-refractivity contribution in [3.05, 3.63) is 0 Å². The SMILES string of the molecule is CC(=O)NC(=O)C[C@H](N)C(=O)O. The third-order valence-corrected chi connectivity index (χ3v) is 1.04. The van der Waals surface area contributed by atoms with E-state index in [9.17, 15) is 14.4 Å². The molecule has 0 bridgehead atoms. The number of carbonyl (C=O) groups excluding carboxylic acids is 2. The Hall–Kier alpha value is -1.43. The third kappa shape index (κ3) is 4.40. The van der Waals surface area contributed by atoms with Gasteiger partial charge >= 0.3 is 5.97 Å². The molecule has 6 heteroatoms. The first-order chi connectivity index (χ1) is 5.43. The van der Waals surface area contributed by atoms with Crippen LogP contribution in [0.1, 0.15) is 13.3 Å². The van der Waals surface area contributed by atoms with Crippen molar-refractivity contribution in [3.8, 4) is 0 Å². The predicted molar refractivity (Wildman–Crippen MR) is 39.1 cm³/mol. The summed E-state index contributed by atoms with van der Waals surface area (Å²) < 4.78 is 0. The summed E-state index contributed by atoms with van der Waals surface area (Å²) in [6, 6.07) is -1.26. The van der Waals surface area contributed by atoms with Gasteiger partial charge < -0.3 is 10.8 Å². The van der Waals surface area contributed by atoms with E-state index < -0.39 is 30.2 Å². The molecule has 6 nitrogen and oxygen atoms in total. The van der Waals surface area contributed by atoms with Crippen LogP contribution in [-0.2, 0) is 14.4 Å². The molecule has 0 saturated carbocycles. The van der Waals surface area contributed by atoms with Gasteiger partial charge in [-0.05, 0) is 0 Å². The zero-order chi connectivity index (χ0) is 9.72. The van der Waals surface area contributed by atoms with Gasteiger partial charge in [0.05, 0.1) is 6.42 Å². The van der Waals surface area contributed by atoms with Gasteiger partial charge in [0.25, 0.3) is 0 Å². The number of carboxylic acids is 1. The fourth-order valence-corrected chi connectivity index (χ4v) is 0.534. The summed E-state index contributed by atoms with van der Waals surface area (Å²) in [5.74, 6) is -2.48. The van der Waals surface area contributed by atoms with Crippen molar-refractivity contribution in [3.63, 3.8) is 0 Å². The van der Waals surface area contributed by atoms with E-state index in [1.807, 2.05) is 5.32 Å². The molecule has 0 unspecified atom stereocenters. The first kappa shape index (κ1) is 10.6. The molecule has 0 aliphatic rings. The average molecular weight is 174 g/mol. The molecule has 0 aromatic rings. The summed E-state index contributed by atoms with van der Waals surface area (Å²) in [6.07, 6.45) is -0.394. The molecule has 2 amide bonds. The third-order valence-electron chi connectivity index (χ3n) is 1.04. The molecule has 0 aromatic carbocycles. The van der Waals surface area contributed by atoms with Crippen LogP contribution in [0, 0.1) is 0 Å². The van der Waals surface area contributed by atoms with Crippen LogP contribution >= 0.6 is 0 Å². The van der Waals surface area contributed by atoms with E-state index in [0.717, 1.165) is 6.92 Å². The van der Waals surface area contributed by atoms with Crippen molar-refractivity contribution < 1.29 is 19.5 Å². The molecule has 0 radical (unpaired) electrons. The monoisotopic (exact) mass is 174 g/mol. The van der Waals surface area contributed by atoms with E-state index in [2.05, 4.69) is 0 Å². The summed E-state index contributed by atoms with van der Waals surface area (Å²) in [7, 11) is 0. The molecule has 0 aromatic heterocycles. The molecule has 0 aliphatic heterocycles. The second-order valence-electron chi connectivity index (χ2n) is 2.25. The molecule has 4 N–H and O–H groups in total. The first-order valence-corrected chi connectivity index (χ1v) is 3.22. The number of rotatable bonds is 3. The molecule has 0 rings (SSSR count). The van der Waals surface area contributed by atoms with Gasteiger partial charge in [0, 0.05) is 6.92 Å². The number of nitrogens with one attached hydrogen (secondary N) is 1. The predicted octanol–water partition coefficient (Wildman–Crippen LogP) is -1.55. The van der Waals surface area contributed by atoms with Gasteiger partial charge in [-0.25, -0.2) is 0 Å². The molecule has 68 valence electrons. The average Bonchev–Trinajstić information content (AvgIpc) is 1.84. The summed E-state index contributed by atoms with van der Waals surface area (Å²) in [4.78, 5) is 31.1. The Labute approximate surface area is 68.7 Å². The standard InChI is InChI=1S/C6H10N2O4/c1-3(9)8-5(10)2-4(7)6(11)12/h4H,2,7H2,1H3,(H,11,12)(H,8,9,10)/t4-/m0/s1. The molecule has 12 heavy (non-hydrogen) atoms. The number of hydrogen-bond donors (Lipinski definition) is 3. The zero-order valence-corrected chi connectivity index (χ0v) is 6.53. The molecule has 1 atom stereocenters. The molecule has 0 aliphatic carbocycles. The lowest BCUT2D eigenvalue weighted by Gasteiger charge is -2.04. The molecule has 0 saturated heterocycles. The van der Waals surface area contributed by atoms with Crippen LogP contribution in [0.2, 0.25) is 0 Å². The fraction of sp³-hybridized carbons (Fsp3) is 0.500. The number of aliphatic carboxylic acids is 1. The topological polar surface area (TPSA) is 109 Å². The van der Waals surface area contributed by atoms with E-state index in [0.29, 0.717) is 0 Å². The van der Waals surface area contributed by atoms with Crippen LogP contribution < -0.4 is 11.1 Å². The van der Waals surface area contributed by atoms with E-state index >= 15 is 0 Å². The summed E-state index contributed by atoms with van der Waals surface area (Å²) in [6.45, 7) is 1.16. The van der Waals surface area contributed by atoms with Gasteiger partial charge in [-0.15, -0.1) is 0 Å². The molecular weight excluding hydrogens is 164 g/mol. The van der Waals surface area contributed by atoms with Crippen molar-refractivity contribution >= 4 is 17.8 Å². The van der Waals surface area contributed by atoms with E-state index in [1.54, 1.807) is 0 Å². The summed E-state index contributed by atoms with van der Waals surface area (Å²) >= 11 is 0. The number of amides is 2. The molecule has 0 spiro atoms. The van der Waals surface area contributed by atoms with Gasteiger partial charge in [-0.3, -0.25) is 19.7 Å². The fourth-order valence-electron chi connectivity index (χ4n) is 0.534.